The number of aryl methyl sites for hydroxylation is 6. The second-order valence-electron chi connectivity index (χ2n) is 13.8. The minimum atomic E-state index is -0.484. The van der Waals surface area contributed by atoms with Crippen molar-refractivity contribution in [3.05, 3.63) is 110 Å². The van der Waals surface area contributed by atoms with Crippen LogP contribution in [0.4, 0.5) is 9.59 Å². The Hall–Kier alpha value is -6.08. The number of benzene rings is 2. The zero-order valence-corrected chi connectivity index (χ0v) is 32.1. The van der Waals surface area contributed by atoms with Crippen LogP contribution in [-0.4, -0.2) is 84.0 Å². The Labute approximate surface area is 320 Å². The molecule has 0 saturated heterocycles. The maximum absolute atomic E-state index is 12.6. The van der Waals surface area contributed by atoms with E-state index in [2.05, 4.69) is 27.1 Å². The number of carbonyl (C=O) groups excluding carboxylic acids is 4. The number of Topliss-reactive ketones (excluding diaryl/α,β-unsaturated/α-hetero) is 1. The molecule has 0 bridgehead atoms. The van der Waals surface area contributed by atoms with Gasteiger partial charge in [-0.1, -0.05) is 58.7 Å². The van der Waals surface area contributed by atoms with Gasteiger partial charge in [0.25, 0.3) is 5.78 Å². The highest BCUT2D eigenvalue weighted by Gasteiger charge is 2.25. The molecule has 0 unspecified atom stereocenters. The first kappa shape index (κ1) is 40.1. The van der Waals surface area contributed by atoms with Gasteiger partial charge in [0, 0.05) is 26.2 Å². The summed E-state index contributed by atoms with van der Waals surface area (Å²) in [6.45, 7) is 13.9. The largest absolute Gasteiger partial charge is 0.466 e. The second kappa shape index (κ2) is 18.8. The average molecular weight is 753 g/mol. The summed E-state index contributed by atoms with van der Waals surface area (Å²) in [4.78, 5) is 54.6. The molecule has 15 heteroatoms. The molecule has 4 heterocycles. The first-order chi connectivity index (χ1) is 26.4. The summed E-state index contributed by atoms with van der Waals surface area (Å²) >= 11 is 0. The highest BCUT2D eigenvalue weighted by Crippen LogP contribution is 2.18. The molecule has 2 amide bonds. The molecular formula is C40H48N8O7. The van der Waals surface area contributed by atoms with Gasteiger partial charge in [-0.05, 0) is 70.7 Å². The molecule has 2 aliphatic heterocycles. The van der Waals surface area contributed by atoms with Crippen molar-refractivity contribution in [3.8, 4) is 0 Å². The van der Waals surface area contributed by atoms with Gasteiger partial charge in [0.1, 0.15) is 18.9 Å². The first-order valence-electron chi connectivity index (χ1n) is 18.4. The SMILES string of the molecule is CCOC(=O)Cc1cc2n(n1)CCCN(C(=O)OCc1cc(C)cc(C)c1)C2.Cc1cc(C)cc(COC(=O)N2CCCn3nc(C(=O)C=[N+]=[N-])cc3C2)c1. The number of carbonyl (C=O) groups is 4. The van der Waals surface area contributed by atoms with Gasteiger partial charge < -0.3 is 29.5 Å². The summed E-state index contributed by atoms with van der Waals surface area (Å²) in [5, 5.41) is 8.70. The molecular weight excluding hydrogens is 704 g/mol. The highest BCUT2D eigenvalue weighted by atomic mass is 16.6. The summed E-state index contributed by atoms with van der Waals surface area (Å²) in [5.74, 6) is -0.775. The van der Waals surface area contributed by atoms with Gasteiger partial charge in [-0.3, -0.25) is 19.0 Å². The third kappa shape index (κ3) is 11.5. The Morgan fingerprint density at radius 2 is 1.18 bits per heavy atom. The van der Waals surface area contributed by atoms with Crippen molar-refractivity contribution >= 4 is 30.2 Å². The van der Waals surface area contributed by atoms with Crippen LogP contribution in [0.3, 0.4) is 0 Å². The first-order valence-corrected chi connectivity index (χ1v) is 18.4. The van der Waals surface area contributed by atoms with E-state index in [1.165, 1.54) is 0 Å². The fraction of sp³-hybridized carbons (Fsp3) is 0.425. The molecule has 0 saturated carbocycles. The van der Waals surface area contributed by atoms with Crippen LogP contribution in [0, 0.1) is 27.7 Å². The van der Waals surface area contributed by atoms with Gasteiger partial charge in [-0.25, -0.2) is 9.59 Å². The van der Waals surface area contributed by atoms with Crippen LogP contribution in [0.1, 0.15) is 80.7 Å². The van der Waals surface area contributed by atoms with E-state index in [1.54, 1.807) is 27.5 Å². The molecule has 2 aromatic heterocycles. The van der Waals surface area contributed by atoms with Crippen LogP contribution < -0.4 is 0 Å². The van der Waals surface area contributed by atoms with Gasteiger partial charge in [0.05, 0.1) is 43.2 Å². The molecule has 0 N–H and O–H groups in total. The number of aromatic nitrogens is 4. The molecule has 4 aromatic rings. The normalized spacial score (nSPS) is 13.5. The van der Waals surface area contributed by atoms with E-state index < -0.39 is 11.9 Å². The van der Waals surface area contributed by atoms with Crippen molar-refractivity contribution in [1.82, 2.24) is 29.4 Å². The maximum atomic E-state index is 12.6. The standard InChI is InChI=1S/C21H27N3O4.C19H21N5O3/c1-4-27-20(25)12-18-11-19-13-23(6-5-7-24(19)22-18)21(26)28-14-17-9-15(2)8-16(3)10-17;1-13-6-14(2)8-15(7-13)12-27-19(26)23-4-3-5-24-16(11-23)9-17(22-24)18(25)10-21-20/h8-11H,4-7,12-14H2,1-3H3;6-10H,3-5,11-12H2,1-2H3. The second-order valence-corrected chi connectivity index (χ2v) is 13.8. The molecule has 0 spiro atoms. The lowest BCUT2D eigenvalue weighted by Crippen LogP contribution is -2.31. The van der Waals surface area contributed by atoms with E-state index in [4.69, 9.17) is 19.7 Å². The molecule has 2 aliphatic rings. The number of fused-ring (bicyclic) bond motifs is 2. The van der Waals surface area contributed by atoms with Crippen LogP contribution in [0.2, 0.25) is 0 Å². The molecule has 6 rings (SSSR count). The lowest BCUT2D eigenvalue weighted by molar-refractivity contribution is -0.142. The lowest BCUT2D eigenvalue weighted by atomic mass is 10.1. The summed E-state index contributed by atoms with van der Waals surface area (Å²) in [6.07, 6.45) is 1.71. The van der Waals surface area contributed by atoms with E-state index >= 15 is 0 Å². The monoisotopic (exact) mass is 752 g/mol. The molecule has 15 nitrogen and oxygen atoms in total. The summed E-state index contributed by atoms with van der Waals surface area (Å²) in [6, 6.07) is 15.7. The van der Waals surface area contributed by atoms with Gasteiger partial charge in [0.15, 0.2) is 0 Å². The van der Waals surface area contributed by atoms with Crippen molar-refractivity contribution in [2.75, 3.05) is 19.7 Å². The van der Waals surface area contributed by atoms with E-state index in [-0.39, 0.29) is 37.4 Å². The Balaban J connectivity index is 0.000000211. The van der Waals surface area contributed by atoms with Crippen LogP contribution in [0.15, 0.2) is 48.5 Å². The number of nitrogens with zero attached hydrogens (tertiary/aromatic N) is 8. The zero-order valence-electron chi connectivity index (χ0n) is 32.1. The number of ketones is 1. The van der Waals surface area contributed by atoms with E-state index in [9.17, 15) is 19.2 Å². The van der Waals surface area contributed by atoms with Crippen molar-refractivity contribution in [3.63, 3.8) is 0 Å². The van der Waals surface area contributed by atoms with E-state index in [0.717, 1.165) is 57.4 Å². The van der Waals surface area contributed by atoms with Crippen LogP contribution in [0.5, 0.6) is 0 Å². The number of amides is 2. The fourth-order valence-corrected chi connectivity index (χ4v) is 6.76. The number of rotatable bonds is 9. The van der Waals surface area contributed by atoms with Gasteiger partial charge in [-0.2, -0.15) is 15.0 Å². The van der Waals surface area contributed by atoms with Crippen molar-refractivity contribution in [2.45, 2.75) is 93.3 Å². The topological polar surface area (TPSA) is 174 Å². The number of hydrogen-bond donors (Lipinski definition) is 0. The van der Waals surface area contributed by atoms with Gasteiger partial charge >= 0.3 is 24.4 Å². The minimum absolute atomic E-state index is 0.144. The molecule has 0 fully saturated rings. The Kier molecular flexibility index (Phi) is 13.7. The Bertz CT molecular complexity index is 2040. The van der Waals surface area contributed by atoms with Gasteiger partial charge in [0.2, 0.25) is 0 Å². The quantitative estimate of drug-likeness (QED) is 0.0521. The predicted molar refractivity (Wildman–Crippen MR) is 201 cm³/mol. The van der Waals surface area contributed by atoms with E-state index in [0.29, 0.717) is 58.0 Å². The van der Waals surface area contributed by atoms with Crippen LogP contribution in [0.25, 0.3) is 5.53 Å². The van der Waals surface area contributed by atoms with Crippen LogP contribution >= 0.6 is 0 Å². The number of ether oxygens (including phenoxy) is 3. The van der Waals surface area contributed by atoms with Gasteiger partial charge in [-0.15, -0.1) is 0 Å². The fourth-order valence-electron chi connectivity index (χ4n) is 6.76. The van der Waals surface area contributed by atoms with Crippen molar-refractivity contribution in [1.29, 1.82) is 0 Å². The summed E-state index contributed by atoms with van der Waals surface area (Å²) < 4.78 is 19.6. The third-order valence-electron chi connectivity index (χ3n) is 8.94. The molecule has 0 aliphatic carbocycles. The Morgan fingerprint density at radius 3 is 1.67 bits per heavy atom. The smallest absolute Gasteiger partial charge is 0.410 e. The Morgan fingerprint density at radius 1 is 0.691 bits per heavy atom. The maximum Gasteiger partial charge on any atom is 0.410 e. The minimum Gasteiger partial charge on any atom is -0.466 e. The summed E-state index contributed by atoms with van der Waals surface area (Å²) in [7, 11) is 0. The summed E-state index contributed by atoms with van der Waals surface area (Å²) in [5.41, 5.74) is 17.5. The average Bonchev–Trinajstić information content (AvgIpc) is 3.56. The molecule has 55 heavy (non-hydrogen) atoms. The number of esters is 1. The van der Waals surface area contributed by atoms with Crippen LogP contribution in [-0.2, 0) is 64.8 Å². The third-order valence-corrected chi connectivity index (χ3v) is 8.94. The lowest BCUT2D eigenvalue weighted by Gasteiger charge is -2.19. The molecule has 0 atom stereocenters. The molecule has 0 radical (unpaired) electrons. The zero-order chi connectivity index (χ0) is 39.5. The highest BCUT2D eigenvalue weighted by molar-refractivity contribution is 6.32. The van der Waals surface area contributed by atoms with E-state index in [1.807, 2.05) is 62.7 Å². The van der Waals surface area contributed by atoms with Crippen molar-refractivity contribution in [2.24, 2.45) is 0 Å². The molecule has 2 aromatic carbocycles. The number of hydrogen-bond acceptors (Lipinski definition) is 9. The predicted octanol–water partition coefficient (Wildman–Crippen LogP) is 5.67. The molecule has 290 valence electrons. The van der Waals surface area contributed by atoms with Crippen molar-refractivity contribution < 1.29 is 38.2 Å².